The maximum absolute atomic E-state index is 4.11. The molecule has 2 heteroatoms. The first-order chi connectivity index (χ1) is 9.08. The minimum absolute atomic E-state index is 0.485. The van der Waals surface area contributed by atoms with E-state index in [-0.39, 0.29) is 0 Å². The highest BCUT2D eigenvalue weighted by atomic mass is 15.2. The molecule has 1 aromatic carbocycles. The second-order valence-electron chi connectivity index (χ2n) is 5.81. The Hall–Kier alpha value is -1.12. The van der Waals surface area contributed by atoms with Crippen molar-refractivity contribution in [2.75, 3.05) is 26.2 Å². The lowest BCUT2D eigenvalue weighted by Crippen LogP contribution is -2.45. The molecule has 0 radical (unpaired) electrons. The molecule has 2 nitrogen and oxygen atoms in total. The van der Waals surface area contributed by atoms with Gasteiger partial charge in [0.25, 0.3) is 0 Å². The predicted molar refractivity (Wildman–Crippen MR) is 82.5 cm³/mol. The summed E-state index contributed by atoms with van der Waals surface area (Å²) >= 11 is 0. The summed E-state index contributed by atoms with van der Waals surface area (Å²) < 4.78 is 0. The molecule has 0 spiro atoms. The zero-order valence-electron chi connectivity index (χ0n) is 12.5. The molecular formula is C17H26N2. The molecule has 0 saturated carbocycles. The van der Waals surface area contributed by atoms with Crippen LogP contribution in [0.25, 0.3) is 0 Å². The summed E-state index contributed by atoms with van der Waals surface area (Å²) in [5.41, 5.74) is 5.47. The van der Waals surface area contributed by atoms with Gasteiger partial charge in [-0.3, -0.25) is 4.90 Å². The molecule has 104 valence electrons. The van der Waals surface area contributed by atoms with Crippen molar-refractivity contribution in [1.82, 2.24) is 10.2 Å². The minimum Gasteiger partial charge on any atom is -0.314 e. The Labute approximate surface area is 117 Å². The van der Waals surface area contributed by atoms with Crippen molar-refractivity contribution >= 4 is 0 Å². The molecular weight excluding hydrogens is 232 g/mol. The van der Waals surface area contributed by atoms with E-state index in [1.165, 1.54) is 22.3 Å². The number of piperazine rings is 1. The highest BCUT2D eigenvalue weighted by Gasteiger charge is 2.22. The third kappa shape index (κ3) is 3.68. The second kappa shape index (κ2) is 6.36. The predicted octanol–water partition coefficient (Wildman–Crippen LogP) is 3.22. The van der Waals surface area contributed by atoms with Crippen molar-refractivity contribution in [3.63, 3.8) is 0 Å². The third-order valence-electron chi connectivity index (χ3n) is 4.05. The molecule has 0 unspecified atom stereocenters. The molecule has 1 aliphatic heterocycles. The van der Waals surface area contributed by atoms with E-state index < -0.39 is 0 Å². The monoisotopic (exact) mass is 258 g/mol. The van der Waals surface area contributed by atoms with Gasteiger partial charge in [-0.1, -0.05) is 23.8 Å². The Bertz CT molecular complexity index is 445. The average molecular weight is 258 g/mol. The van der Waals surface area contributed by atoms with Crippen LogP contribution in [0.15, 0.2) is 30.4 Å². The number of hydrogen-bond donors (Lipinski definition) is 1. The van der Waals surface area contributed by atoms with Gasteiger partial charge in [-0.05, 0) is 43.9 Å². The molecule has 1 heterocycles. The Morgan fingerprint density at radius 2 is 1.95 bits per heavy atom. The van der Waals surface area contributed by atoms with E-state index in [1.807, 2.05) is 0 Å². The normalized spacial score (nSPS) is 18.3. The van der Waals surface area contributed by atoms with Gasteiger partial charge in [0.15, 0.2) is 0 Å². The van der Waals surface area contributed by atoms with Crippen molar-refractivity contribution in [3.8, 4) is 0 Å². The minimum atomic E-state index is 0.485. The lowest BCUT2D eigenvalue weighted by molar-refractivity contribution is 0.172. The Kier molecular flexibility index (Phi) is 4.78. The van der Waals surface area contributed by atoms with Gasteiger partial charge in [-0.25, -0.2) is 0 Å². The molecule has 0 aromatic heterocycles. The van der Waals surface area contributed by atoms with Crippen molar-refractivity contribution in [2.24, 2.45) is 0 Å². The zero-order chi connectivity index (χ0) is 13.8. The third-order valence-corrected chi connectivity index (χ3v) is 4.05. The topological polar surface area (TPSA) is 15.3 Å². The first kappa shape index (κ1) is 14.3. The van der Waals surface area contributed by atoms with E-state index in [2.05, 4.69) is 55.8 Å². The van der Waals surface area contributed by atoms with Crippen LogP contribution < -0.4 is 5.32 Å². The summed E-state index contributed by atoms with van der Waals surface area (Å²) in [6, 6.07) is 7.38. The fraction of sp³-hybridized carbons (Fsp3) is 0.529. The number of aryl methyl sites for hydroxylation is 2. The van der Waals surface area contributed by atoms with Crippen LogP contribution in [0.1, 0.15) is 36.1 Å². The zero-order valence-corrected chi connectivity index (χ0v) is 12.5. The standard InChI is InChI=1S/C17H26N2/c1-13(2)11-17(19-9-7-18-8-10-19)16-6-5-14(3)15(4)12-16/h5-6,12,17-18H,1,7-11H2,2-4H3/t17-/m1/s1. The molecule has 1 fully saturated rings. The molecule has 1 N–H and O–H groups in total. The summed E-state index contributed by atoms with van der Waals surface area (Å²) in [7, 11) is 0. The number of benzene rings is 1. The summed E-state index contributed by atoms with van der Waals surface area (Å²) in [5, 5.41) is 3.43. The van der Waals surface area contributed by atoms with E-state index in [0.29, 0.717) is 6.04 Å². The highest BCUT2D eigenvalue weighted by molar-refractivity contribution is 5.32. The number of hydrogen-bond acceptors (Lipinski definition) is 2. The Balaban J connectivity index is 2.24. The number of nitrogens with zero attached hydrogens (tertiary/aromatic N) is 1. The Morgan fingerprint density at radius 3 is 2.53 bits per heavy atom. The first-order valence-electron chi connectivity index (χ1n) is 7.24. The molecule has 1 aliphatic rings. The highest BCUT2D eigenvalue weighted by Crippen LogP contribution is 2.28. The largest absolute Gasteiger partial charge is 0.314 e. The molecule has 0 aliphatic carbocycles. The van der Waals surface area contributed by atoms with Crippen molar-refractivity contribution in [1.29, 1.82) is 0 Å². The van der Waals surface area contributed by atoms with E-state index in [4.69, 9.17) is 0 Å². The summed E-state index contributed by atoms with van der Waals surface area (Å²) in [6.07, 6.45) is 1.06. The Morgan fingerprint density at radius 1 is 1.26 bits per heavy atom. The summed E-state index contributed by atoms with van der Waals surface area (Å²) in [6.45, 7) is 15.1. The molecule has 1 atom stereocenters. The van der Waals surface area contributed by atoms with E-state index in [9.17, 15) is 0 Å². The second-order valence-corrected chi connectivity index (χ2v) is 5.81. The van der Waals surface area contributed by atoms with Crippen molar-refractivity contribution in [3.05, 3.63) is 47.0 Å². The van der Waals surface area contributed by atoms with E-state index in [0.717, 1.165) is 32.6 Å². The fourth-order valence-corrected chi connectivity index (χ4v) is 2.75. The van der Waals surface area contributed by atoms with Crippen LogP contribution in [-0.2, 0) is 0 Å². The maximum atomic E-state index is 4.11. The molecule has 0 bridgehead atoms. The van der Waals surface area contributed by atoms with Crippen LogP contribution in [0.4, 0.5) is 0 Å². The van der Waals surface area contributed by atoms with Crippen LogP contribution in [0.5, 0.6) is 0 Å². The molecule has 1 saturated heterocycles. The van der Waals surface area contributed by atoms with Crippen LogP contribution in [0.3, 0.4) is 0 Å². The smallest absolute Gasteiger partial charge is 0.0386 e. The van der Waals surface area contributed by atoms with Gasteiger partial charge in [-0.2, -0.15) is 0 Å². The molecule has 19 heavy (non-hydrogen) atoms. The summed E-state index contributed by atoms with van der Waals surface area (Å²) in [4.78, 5) is 2.59. The summed E-state index contributed by atoms with van der Waals surface area (Å²) in [5.74, 6) is 0. The molecule has 1 aromatic rings. The SMILES string of the molecule is C=C(C)C[C@H](c1ccc(C)c(C)c1)N1CCNCC1. The van der Waals surface area contributed by atoms with E-state index >= 15 is 0 Å². The van der Waals surface area contributed by atoms with Crippen LogP contribution >= 0.6 is 0 Å². The van der Waals surface area contributed by atoms with Gasteiger partial charge in [0.2, 0.25) is 0 Å². The van der Waals surface area contributed by atoms with Gasteiger partial charge < -0.3 is 5.32 Å². The lowest BCUT2D eigenvalue weighted by atomic mass is 9.95. The first-order valence-corrected chi connectivity index (χ1v) is 7.24. The van der Waals surface area contributed by atoms with Gasteiger partial charge in [-0.15, -0.1) is 6.58 Å². The van der Waals surface area contributed by atoms with Crippen LogP contribution in [0, 0.1) is 13.8 Å². The van der Waals surface area contributed by atoms with E-state index in [1.54, 1.807) is 0 Å². The number of rotatable bonds is 4. The van der Waals surface area contributed by atoms with Crippen LogP contribution in [-0.4, -0.2) is 31.1 Å². The van der Waals surface area contributed by atoms with Gasteiger partial charge >= 0.3 is 0 Å². The van der Waals surface area contributed by atoms with Crippen molar-refractivity contribution < 1.29 is 0 Å². The molecule has 0 amide bonds. The van der Waals surface area contributed by atoms with Crippen LogP contribution in [0.2, 0.25) is 0 Å². The van der Waals surface area contributed by atoms with Crippen molar-refractivity contribution in [2.45, 2.75) is 33.2 Å². The fourth-order valence-electron chi connectivity index (χ4n) is 2.75. The maximum Gasteiger partial charge on any atom is 0.0386 e. The van der Waals surface area contributed by atoms with Gasteiger partial charge in [0.05, 0.1) is 0 Å². The van der Waals surface area contributed by atoms with Gasteiger partial charge in [0.1, 0.15) is 0 Å². The molecule has 2 rings (SSSR count). The van der Waals surface area contributed by atoms with Gasteiger partial charge in [0, 0.05) is 32.2 Å². The quantitative estimate of drug-likeness (QED) is 0.834. The average Bonchev–Trinajstić information content (AvgIpc) is 2.40. The number of nitrogens with one attached hydrogen (secondary N) is 1. The lowest BCUT2D eigenvalue weighted by Gasteiger charge is -2.35.